The quantitative estimate of drug-likeness (QED) is 0.894. The lowest BCUT2D eigenvalue weighted by atomic mass is 10.2. The van der Waals surface area contributed by atoms with Crippen LogP contribution < -0.4 is 10.2 Å². The van der Waals surface area contributed by atoms with Gasteiger partial charge in [0.05, 0.1) is 0 Å². The average Bonchev–Trinajstić information content (AvgIpc) is 2.62. The molecule has 0 bridgehead atoms. The Morgan fingerprint density at radius 3 is 2.95 bits per heavy atom. The lowest BCUT2D eigenvalue weighted by Gasteiger charge is -2.22. The second-order valence-corrected chi connectivity index (χ2v) is 5.03. The van der Waals surface area contributed by atoms with E-state index < -0.39 is 0 Å². The van der Waals surface area contributed by atoms with E-state index in [-0.39, 0.29) is 5.82 Å². The number of hydrogen-bond donors (Lipinski definition) is 1. The topological polar surface area (TPSA) is 31.4 Å². The minimum atomic E-state index is -0.173. The number of nitrogens with one attached hydrogen (secondary N) is 1. The normalized spacial score (nSPS) is 17.5. The first-order valence-corrected chi connectivity index (χ1v) is 7.00. The Labute approximate surface area is 114 Å². The van der Waals surface area contributed by atoms with Crippen molar-refractivity contribution in [1.29, 1.82) is 0 Å². The molecule has 1 fully saturated rings. The van der Waals surface area contributed by atoms with Crippen LogP contribution >= 0.6 is 0 Å². The number of aromatic nitrogens is 1. The third kappa shape index (κ3) is 3.64. The lowest BCUT2D eigenvalue weighted by molar-refractivity contribution is 0.360. The molecular formula is C14H23FN4. The minimum absolute atomic E-state index is 0.173. The first kappa shape index (κ1) is 14.2. The molecule has 1 aliphatic rings. The standard InChI is InChI=1S/C14H23FN4/c1-3-16-11-12-5-6-17-14(13(12)15)19-8-4-7-18(2)9-10-19/h5-6,16H,3-4,7-11H2,1-2H3. The fraction of sp³-hybridized carbons (Fsp3) is 0.643. The van der Waals surface area contributed by atoms with Gasteiger partial charge in [0.25, 0.3) is 0 Å². The molecule has 0 atom stereocenters. The Balaban J connectivity index is 2.14. The van der Waals surface area contributed by atoms with Crippen LogP contribution in [0.3, 0.4) is 0 Å². The van der Waals surface area contributed by atoms with Crippen LogP contribution in [0.2, 0.25) is 0 Å². The molecule has 1 N–H and O–H groups in total. The maximum atomic E-state index is 14.5. The number of pyridine rings is 1. The number of anilines is 1. The summed E-state index contributed by atoms with van der Waals surface area (Å²) in [4.78, 5) is 8.58. The Bertz CT molecular complexity index is 410. The van der Waals surface area contributed by atoms with E-state index in [1.807, 2.05) is 6.92 Å². The molecule has 0 unspecified atom stereocenters. The molecule has 2 heterocycles. The van der Waals surface area contributed by atoms with Gasteiger partial charge in [-0.05, 0) is 32.6 Å². The molecular weight excluding hydrogens is 243 g/mol. The van der Waals surface area contributed by atoms with Gasteiger partial charge in [0.15, 0.2) is 11.6 Å². The second-order valence-electron chi connectivity index (χ2n) is 5.03. The van der Waals surface area contributed by atoms with Crippen molar-refractivity contribution < 1.29 is 4.39 Å². The van der Waals surface area contributed by atoms with Gasteiger partial charge in [-0.15, -0.1) is 0 Å². The first-order chi connectivity index (χ1) is 9.22. The molecule has 1 saturated heterocycles. The zero-order valence-corrected chi connectivity index (χ0v) is 11.8. The van der Waals surface area contributed by atoms with Crippen LogP contribution in [0.15, 0.2) is 12.3 Å². The summed E-state index contributed by atoms with van der Waals surface area (Å²) < 4.78 is 14.5. The second kappa shape index (κ2) is 6.82. The summed E-state index contributed by atoms with van der Waals surface area (Å²) in [5.41, 5.74) is 0.699. The number of rotatable bonds is 4. The van der Waals surface area contributed by atoms with E-state index in [1.54, 1.807) is 12.3 Å². The third-order valence-corrected chi connectivity index (χ3v) is 3.54. The summed E-state index contributed by atoms with van der Waals surface area (Å²) in [6.45, 7) is 7.15. The van der Waals surface area contributed by atoms with Gasteiger partial charge < -0.3 is 15.1 Å². The molecule has 0 radical (unpaired) electrons. The highest BCUT2D eigenvalue weighted by Crippen LogP contribution is 2.20. The van der Waals surface area contributed by atoms with Crippen molar-refractivity contribution in [3.05, 3.63) is 23.6 Å². The van der Waals surface area contributed by atoms with Crippen LogP contribution in [0, 0.1) is 5.82 Å². The zero-order valence-electron chi connectivity index (χ0n) is 11.8. The predicted molar refractivity (Wildman–Crippen MR) is 75.9 cm³/mol. The Morgan fingerprint density at radius 1 is 1.32 bits per heavy atom. The maximum Gasteiger partial charge on any atom is 0.170 e. The molecule has 0 aliphatic carbocycles. The molecule has 1 aromatic heterocycles. The summed E-state index contributed by atoms with van der Waals surface area (Å²) in [5, 5.41) is 3.16. The number of nitrogens with zero attached hydrogens (tertiary/aromatic N) is 3. The Hall–Kier alpha value is -1.20. The van der Waals surface area contributed by atoms with E-state index >= 15 is 0 Å². The molecule has 1 aromatic rings. The molecule has 0 saturated carbocycles. The molecule has 106 valence electrons. The smallest absolute Gasteiger partial charge is 0.170 e. The van der Waals surface area contributed by atoms with E-state index in [2.05, 4.69) is 27.1 Å². The van der Waals surface area contributed by atoms with Crippen molar-refractivity contribution in [2.24, 2.45) is 0 Å². The van der Waals surface area contributed by atoms with Gasteiger partial charge >= 0.3 is 0 Å². The fourth-order valence-electron chi connectivity index (χ4n) is 2.35. The molecule has 1 aliphatic heterocycles. The summed E-state index contributed by atoms with van der Waals surface area (Å²) in [7, 11) is 2.11. The lowest BCUT2D eigenvalue weighted by Crippen LogP contribution is -2.30. The van der Waals surface area contributed by atoms with Crippen molar-refractivity contribution in [2.45, 2.75) is 19.9 Å². The fourth-order valence-corrected chi connectivity index (χ4v) is 2.35. The SMILES string of the molecule is CCNCc1ccnc(N2CCCN(C)CC2)c1F. The van der Waals surface area contributed by atoms with Gasteiger partial charge in [0.2, 0.25) is 0 Å². The first-order valence-electron chi connectivity index (χ1n) is 7.00. The van der Waals surface area contributed by atoms with Gasteiger partial charge in [0, 0.05) is 37.9 Å². The van der Waals surface area contributed by atoms with E-state index in [1.165, 1.54) is 0 Å². The van der Waals surface area contributed by atoms with Crippen molar-refractivity contribution in [3.63, 3.8) is 0 Å². The van der Waals surface area contributed by atoms with Crippen molar-refractivity contribution in [3.8, 4) is 0 Å². The zero-order chi connectivity index (χ0) is 13.7. The highest BCUT2D eigenvalue weighted by molar-refractivity contribution is 5.43. The van der Waals surface area contributed by atoms with Gasteiger partial charge in [-0.25, -0.2) is 9.37 Å². The molecule has 4 nitrogen and oxygen atoms in total. The van der Waals surface area contributed by atoms with Crippen LogP contribution in [0.4, 0.5) is 10.2 Å². The van der Waals surface area contributed by atoms with Crippen LogP contribution in [0.1, 0.15) is 18.9 Å². The largest absolute Gasteiger partial charge is 0.353 e. The van der Waals surface area contributed by atoms with Crippen molar-refractivity contribution in [2.75, 3.05) is 44.7 Å². The van der Waals surface area contributed by atoms with Crippen LogP contribution in [-0.4, -0.2) is 49.7 Å². The maximum absolute atomic E-state index is 14.5. The highest BCUT2D eigenvalue weighted by atomic mass is 19.1. The predicted octanol–water partition coefficient (Wildman–Crippen LogP) is 1.47. The monoisotopic (exact) mass is 266 g/mol. The molecule has 0 aromatic carbocycles. The third-order valence-electron chi connectivity index (χ3n) is 3.54. The Kier molecular flexibility index (Phi) is 5.10. The number of likely N-dealkylation sites (N-methyl/N-ethyl adjacent to an activating group) is 1. The van der Waals surface area contributed by atoms with E-state index in [4.69, 9.17) is 0 Å². The molecule has 19 heavy (non-hydrogen) atoms. The summed E-state index contributed by atoms with van der Waals surface area (Å²) in [5.74, 6) is 0.332. The van der Waals surface area contributed by atoms with Crippen molar-refractivity contribution in [1.82, 2.24) is 15.2 Å². The molecule has 5 heteroatoms. The number of halogens is 1. The van der Waals surface area contributed by atoms with Gasteiger partial charge in [-0.1, -0.05) is 6.92 Å². The van der Waals surface area contributed by atoms with Crippen LogP contribution in [0.5, 0.6) is 0 Å². The number of hydrogen-bond acceptors (Lipinski definition) is 4. The molecule has 0 spiro atoms. The van der Waals surface area contributed by atoms with Gasteiger partial charge in [0.1, 0.15) is 0 Å². The molecule has 0 amide bonds. The van der Waals surface area contributed by atoms with Gasteiger partial charge in [-0.2, -0.15) is 0 Å². The van der Waals surface area contributed by atoms with E-state index in [0.29, 0.717) is 17.9 Å². The average molecular weight is 266 g/mol. The summed E-state index contributed by atoms with van der Waals surface area (Å²) >= 11 is 0. The van der Waals surface area contributed by atoms with Crippen LogP contribution in [-0.2, 0) is 6.54 Å². The van der Waals surface area contributed by atoms with Gasteiger partial charge in [-0.3, -0.25) is 0 Å². The minimum Gasteiger partial charge on any atom is -0.353 e. The summed E-state index contributed by atoms with van der Waals surface area (Å²) in [6, 6.07) is 1.76. The molecule has 2 rings (SSSR count). The van der Waals surface area contributed by atoms with Crippen LogP contribution in [0.25, 0.3) is 0 Å². The summed E-state index contributed by atoms with van der Waals surface area (Å²) in [6.07, 6.45) is 2.76. The Morgan fingerprint density at radius 2 is 2.16 bits per heavy atom. The van der Waals surface area contributed by atoms with Crippen molar-refractivity contribution >= 4 is 5.82 Å². The van der Waals surface area contributed by atoms with E-state index in [9.17, 15) is 4.39 Å². The highest BCUT2D eigenvalue weighted by Gasteiger charge is 2.18. The van der Waals surface area contributed by atoms with E-state index in [0.717, 1.165) is 39.1 Å².